The van der Waals surface area contributed by atoms with Gasteiger partial charge in [0, 0.05) is 30.0 Å². The lowest BCUT2D eigenvalue weighted by Gasteiger charge is -2.26. The molecule has 3 heteroatoms. The number of anilines is 1. The van der Waals surface area contributed by atoms with Crippen molar-refractivity contribution in [1.82, 2.24) is 4.98 Å². The highest BCUT2D eigenvalue weighted by Gasteiger charge is 2.19. The summed E-state index contributed by atoms with van der Waals surface area (Å²) in [6.45, 7) is 3.12. The van der Waals surface area contributed by atoms with Gasteiger partial charge in [-0.1, -0.05) is 6.42 Å². The first kappa shape index (κ1) is 11.7. The molecule has 1 N–H and O–H groups in total. The van der Waals surface area contributed by atoms with Crippen LogP contribution in [0.15, 0.2) is 18.5 Å². The lowest BCUT2D eigenvalue weighted by molar-refractivity contribution is 0.378. The van der Waals surface area contributed by atoms with Gasteiger partial charge < -0.3 is 5.32 Å². The Bertz CT molecular complexity index is 340. The number of hydrogen-bond acceptors (Lipinski definition) is 2. The molecule has 0 bridgehead atoms. The molecule has 0 aromatic carbocycles. The van der Waals surface area contributed by atoms with Gasteiger partial charge in [-0.2, -0.15) is 0 Å². The predicted molar refractivity (Wildman–Crippen MR) is 69.1 cm³/mol. The zero-order valence-electron chi connectivity index (χ0n) is 9.75. The average Bonchev–Trinajstić information content (AvgIpc) is 2.28. The van der Waals surface area contributed by atoms with Crippen LogP contribution in [0, 0.1) is 12.8 Å². The van der Waals surface area contributed by atoms with E-state index in [0.717, 1.165) is 18.9 Å². The number of nitrogens with zero attached hydrogens (tertiary/aromatic N) is 1. The van der Waals surface area contributed by atoms with Crippen molar-refractivity contribution in [2.75, 3.05) is 11.9 Å². The Hall–Kier alpha value is -0.760. The molecule has 2 rings (SSSR count). The van der Waals surface area contributed by atoms with Crippen molar-refractivity contribution >= 4 is 17.3 Å². The summed E-state index contributed by atoms with van der Waals surface area (Å²) in [4.78, 5) is 4.09. The number of alkyl halides is 1. The van der Waals surface area contributed by atoms with Gasteiger partial charge in [0.1, 0.15) is 0 Å². The number of hydrogen-bond donors (Lipinski definition) is 1. The van der Waals surface area contributed by atoms with Gasteiger partial charge in [0.15, 0.2) is 0 Å². The average molecular weight is 239 g/mol. The third-order valence-corrected chi connectivity index (χ3v) is 3.72. The second-order valence-corrected chi connectivity index (χ2v) is 5.32. The molecule has 1 aliphatic rings. The molecule has 1 saturated carbocycles. The number of nitrogens with one attached hydrogen (secondary N) is 1. The number of pyridine rings is 1. The van der Waals surface area contributed by atoms with Gasteiger partial charge >= 0.3 is 0 Å². The Morgan fingerprint density at radius 1 is 1.50 bits per heavy atom. The van der Waals surface area contributed by atoms with Crippen LogP contribution in [0.1, 0.15) is 31.2 Å². The van der Waals surface area contributed by atoms with Crippen LogP contribution in [0.4, 0.5) is 5.69 Å². The van der Waals surface area contributed by atoms with Crippen molar-refractivity contribution in [2.45, 2.75) is 38.0 Å². The van der Waals surface area contributed by atoms with E-state index in [0.29, 0.717) is 5.38 Å². The molecule has 88 valence electrons. The van der Waals surface area contributed by atoms with Gasteiger partial charge in [-0.05, 0) is 43.7 Å². The van der Waals surface area contributed by atoms with E-state index in [1.807, 2.05) is 18.5 Å². The molecule has 1 aromatic heterocycles. The van der Waals surface area contributed by atoms with E-state index >= 15 is 0 Å². The Labute approximate surface area is 102 Å². The quantitative estimate of drug-likeness (QED) is 0.814. The van der Waals surface area contributed by atoms with E-state index in [4.69, 9.17) is 11.6 Å². The van der Waals surface area contributed by atoms with Crippen LogP contribution in [-0.2, 0) is 0 Å². The maximum absolute atomic E-state index is 6.19. The molecule has 1 fully saturated rings. The van der Waals surface area contributed by atoms with E-state index in [9.17, 15) is 0 Å². The first-order valence-corrected chi connectivity index (χ1v) is 6.48. The summed E-state index contributed by atoms with van der Waals surface area (Å²) in [6, 6.07) is 2.04. The van der Waals surface area contributed by atoms with E-state index in [2.05, 4.69) is 17.2 Å². The number of aromatic nitrogens is 1. The minimum atomic E-state index is 0.388. The summed E-state index contributed by atoms with van der Waals surface area (Å²) in [5, 5.41) is 3.89. The normalized spacial score (nSPS) is 25.4. The van der Waals surface area contributed by atoms with Crippen LogP contribution >= 0.6 is 11.6 Å². The van der Waals surface area contributed by atoms with Crippen molar-refractivity contribution < 1.29 is 0 Å². The molecule has 0 aliphatic heterocycles. The molecule has 0 radical (unpaired) electrons. The van der Waals surface area contributed by atoms with Crippen molar-refractivity contribution in [1.29, 1.82) is 0 Å². The third-order valence-electron chi connectivity index (χ3n) is 3.32. The van der Waals surface area contributed by atoms with E-state index in [1.165, 1.54) is 30.5 Å². The Morgan fingerprint density at radius 2 is 2.38 bits per heavy atom. The van der Waals surface area contributed by atoms with Crippen LogP contribution in [-0.4, -0.2) is 16.9 Å². The molecule has 0 amide bonds. The lowest BCUT2D eigenvalue weighted by atomic mass is 9.89. The van der Waals surface area contributed by atoms with Crippen LogP contribution in [0.2, 0.25) is 0 Å². The maximum Gasteiger partial charge on any atom is 0.0400 e. The number of aryl methyl sites for hydroxylation is 1. The maximum atomic E-state index is 6.19. The highest BCUT2D eigenvalue weighted by molar-refractivity contribution is 6.20. The molecule has 2 atom stereocenters. The van der Waals surface area contributed by atoms with Gasteiger partial charge in [-0.15, -0.1) is 11.6 Å². The summed E-state index contributed by atoms with van der Waals surface area (Å²) in [5.41, 5.74) is 2.41. The molecular weight excluding hydrogens is 220 g/mol. The largest absolute Gasteiger partial charge is 0.384 e. The predicted octanol–water partition coefficient (Wildman–Crippen LogP) is 3.60. The first-order chi connectivity index (χ1) is 7.75. The van der Waals surface area contributed by atoms with E-state index in [-0.39, 0.29) is 0 Å². The molecule has 16 heavy (non-hydrogen) atoms. The van der Waals surface area contributed by atoms with Crippen LogP contribution < -0.4 is 5.32 Å². The molecule has 2 nitrogen and oxygen atoms in total. The van der Waals surface area contributed by atoms with Gasteiger partial charge in [-0.25, -0.2) is 0 Å². The summed E-state index contributed by atoms with van der Waals surface area (Å²) in [5.74, 6) is 0.726. The molecule has 1 aliphatic carbocycles. The summed E-state index contributed by atoms with van der Waals surface area (Å²) >= 11 is 6.19. The number of halogens is 1. The molecular formula is C13H19ClN2. The van der Waals surface area contributed by atoms with Crippen molar-refractivity contribution in [2.24, 2.45) is 5.92 Å². The minimum Gasteiger partial charge on any atom is -0.384 e. The fourth-order valence-corrected chi connectivity index (χ4v) is 2.74. The summed E-state index contributed by atoms with van der Waals surface area (Å²) in [6.07, 6.45) is 8.65. The monoisotopic (exact) mass is 238 g/mol. The Morgan fingerprint density at radius 3 is 3.12 bits per heavy atom. The van der Waals surface area contributed by atoms with Gasteiger partial charge in [-0.3, -0.25) is 4.98 Å². The zero-order chi connectivity index (χ0) is 11.4. The highest BCUT2D eigenvalue weighted by atomic mass is 35.5. The molecule has 1 heterocycles. The van der Waals surface area contributed by atoms with Gasteiger partial charge in [0.2, 0.25) is 0 Å². The van der Waals surface area contributed by atoms with Crippen molar-refractivity contribution in [3.63, 3.8) is 0 Å². The fraction of sp³-hybridized carbons (Fsp3) is 0.615. The van der Waals surface area contributed by atoms with E-state index in [1.54, 1.807) is 0 Å². The third kappa shape index (κ3) is 3.11. The summed E-state index contributed by atoms with van der Waals surface area (Å²) in [7, 11) is 0. The lowest BCUT2D eigenvalue weighted by Crippen LogP contribution is -2.22. The molecule has 2 unspecified atom stereocenters. The standard InChI is InChI=1S/C13H19ClN2/c1-10-8-15-6-5-13(10)16-9-11-3-2-4-12(14)7-11/h5-6,8,11-12H,2-4,7,9H2,1H3,(H,15,16). The first-order valence-electron chi connectivity index (χ1n) is 6.04. The Balaban J connectivity index is 1.85. The van der Waals surface area contributed by atoms with Crippen molar-refractivity contribution in [3.05, 3.63) is 24.0 Å². The molecule has 0 saturated heterocycles. The minimum absolute atomic E-state index is 0.388. The van der Waals surface area contributed by atoms with Gasteiger partial charge in [0.25, 0.3) is 0 Å². The summed E-state index contributed by atoms with van der Waals surface area (Å²) < 4.78 is 0. The van der Waals surface area contributed by atoms with Crippen LogP contribution in [0.25, 0.3) is 0 Å². The SMILES string of the molecule is Cc1cnccc1NCC1CCCC(Cl)C1. The highest BCUT2D eigenvalue weighted by Crippen LogP contribution is 2.28. The van der Waals surface area contributed by atoms with Crippen LogP contribution in [0.3, 0.4) is 0 Å². The molecule has 0 spiro atoms. The second kappa shape index (κ2) is 5.53. The zero-order valence-corrected chi connectivity index (χ0v) is 10.5. The molecule has 1 aromatic rings. The Kier molecular flexibility index (Phi) is 4.05. The second-order valence-electron chi connectivity index (χ2n) is 4.70. The van der Waals surface area contributed by atoms with Gasteiger partial charge in [0.05, 0.1) is 0 Å². The fourth-order valence-electron chi connectivity index (χ4n) is 2.34. The van der Waals surface area contributed by atoms with Crippen LogP contribution in [0.5, 0.6) is 0 Å². The smallest absolute Gasteiger partial charge is 0.0400 e. The topological polar surface area (TPSA) is 24.9 Å². The number of rotatable bonds is 3. The van der Waals surface area contributed by atoms with Crippen molar-refractivity contribution in [3.8, 4) is 0 Å². The van der Waals surface area contributed by atoms with E-state index < -0.39 is 0 Å².